The topological polar surface area (TPSA) is 12.0 Å². The van der Waals surface area contributed by atoms with Crippen LogP contribution in [0.15, 0.2) is 34.8 Å². The minimum Gasteiger partial charge on any atom is -0.309 e. The van der Waals surface area contributed by atoms with E-state index in [-0.39, 0.29) is 0 Å². The zero-order valence-electron chi connectivity index (χ0n) is 11.9. The fraction of sp³-hybridized carbons (Fsp3) is 0.412. The molecule has 1 saturated carbocycles. The number of thiophene rings is 1. The van der Waals surface area contributed by atoms with Gasteiger partial charge in [-0.1, -0.05) is 28.1 Å². The summed E-state index contributed by atoms with van der Waals surface area (Å²) in [6.45, 7) is 5.43. The maximum atomic E-state index is 3.69. The average molecular weight is 350 g/mol. The van der Waals surface area contributed by atoms with Crippen molar-refractivity contribution in [3.63, 3.8) is 0 Å². The first-order valence-electron chi connectivity index (χ1n) is 7.16. The van der Waals surface area contributed by atoms with E-state index in [9.17, 15) is 0 Å². The summed E-state index contributed by atoms with van der Waals surface area (Å²) in [6, 6.07) is 11.8. The van der Waals surface area contributed by atoms with Crippen molar-refractivity contribution in [2.24, 2.45) is 0 Å². The fourth-order valence-corrected chi connectivity index (χ4v) is 4.04. The van der Waals surface area contributed by atoms with Crippen molar-refractivity contribution < 1.29 is 0 Å². The number of nitrogens with one attached hydrogen (secondary N) is 1. The minimum atomic E-state index is 0.686. The monoisotopic (exact) mass is 349 g/mol. The van der Waals surface area contributed by atoms with Crippen LogP contribution >= 0.6 is 27.3 Å². The van der Waals surface area contributed by atoms with Crippen molar-refractivity contribution in [2.75, 3.05) is 0 Å². The van der Waals surface area contributed by atoms with E-state index in [2.05, 4.69) is 65.4 Å². The summed E-state index contributed by atoms with van der Waals surface area (Å²) in [5.41, 5.74) is 2.90. The van der Waals surface area contributed by atoms with Gasteiger partial charge in [-0.3, -0.25) is 0 Å². The van der Waals surface area contributed by atoms with E-state index in [1.54, 1.807) is 0 Å². The maximum Gasteiger partial charge on any atom is 0.0302 e. The molecule has 0 amide bonds. The Morgan fingerprint density at radius 2 is 1.90 bits per heavy atom. The Morgan fingerprint density at radius 3 is 2.50 bits per heavy atom. The zero-order chi connectivity index (χ0) is 14.1. The third kappa shape index (κ3) is 3.16. The molecule has 0 radical (unpaired) electrons. The molecule has 0 spiro atoms. The molecule has 2 aromatic rings. The lowest BCUT2D eigenvalue weighted by atomic mass is 9.76. The highest BCUT2D eigenvalue weighted by Crippen LogP contribution is 2.37. The second-order valence-corrected chi connectivity index (χ2v) is 8.01. The molecule has 1 aromatic heterocycles. The summed E-state index contributed by atoms with van der Waals surface area (Å²) >= 11 is 5.42. The molecule has 0 unspecified atom stereocenters. The molecule has 1 aromatic carbocycles. The van der Waals surface area contributed by atoms with E-state index in [1.807, 2.05) is 11.3 Å². The van der Waals surface area contributed by atoms with Gasteiger partial charge in [0, 0.05) is 26.8 Å². The number of aryl methyl sites for hydroxylation is 2. The fourth-order valence-electron chi connectivity index (χ4n) is 2.77. The normalized spacial score (nSPS) is 21.8. The highest BCUT2D eigenvalue weighted by Gasteiger charge is 2.29. The van der Waals surface area contributed by atoms with Gasteiger partial charge in [-0.15, -0.1) is 11.3 Å². The minimum absolute atomic E-state index is 0.686. The van der Waals surface area contributed by atoms with Crippen LogP contribution in [0.2, 0.25) is 0 Å². The van der Waals surface area contributed by atoms with Crippen LogP contribution in [-0.4, -0.2) is 6.04 Å². The number of hydrogen-bond donors (Lipinski definition) is 1. The lowest BCUT2D eigenvalue weighted by Crippen LogP contribution is -2.39. The number of benzene rings is 1. The van der Waals surface area contributed by atoms with Crippen LogP contribution in [0.4, 0.5) is 0 Å². The molecule has 0 atom stereocenters. The predicted molar refractivity (Wildman–Crippen MR) is 90.5 cm³/mol. The van der Waals surface area contributed by atoms with E-state index in [1.165, 1.54) is 38.2 Å². The van der Waals surface area contributed by atoms with Crippen LogP contribution in [0.1, 0.15) is 39.6 Å². The van der Waals surface area contributed by atoms with E-state index in [4.69, 9.17) is 0 Å². The van der Waals surface area contributed by atoms with Crippen LogP contribution in [0.25, 0.3) is 0 Å². The van der Waals surface area contributed by atoms with E-state index in [0.29, 0.717) is 6.04 Å². The van der Waals surface area contributed by atoms with Crippen molar-refractivity contribution in [1.29, 1.82) is 0 Å². The van der Waals surface area contributed by atoms with Crippen molar-refractivity contribution >= 4 is 27.3 Å². The van der Waals surface area contributed by atoms with E-state index < -0.39 is 0 Å². The van der Waals surface area contributed by atoms with Gasteiger partial charge in [0.15, 0.2) is 0 Å². The van der Waals surface area contributed by atoms with Gasteiger partial charge in [0.1, 0.15) is 0 Å². The van der Waals surface area contributed by atoms with Crippen LogP contribution < -0.4 is 5.32 Å². The molecule has 1 heterocycles. The lowest BCUT2D eigenvalue weighted by Gasteiger charge is -2.36. The zero-order valence-corrected chi connectivity index (χ0v) is 14.4. The summed E-state index contributed by atoms with van der Waals surface area (Å²) in [7, 11) is 0. The summed E-state index contributed by atoms with van der Waals surface area (Å²) in [5, 5.41) is 3.69. The third-order valence-corrected chi connectivity index (χ3v) is 5.94. The highest BCUT2D eigenvalue weighted by atomic mass is 79.9. The summed E-state index contributed by atoms with van der Waals surface area (Å²) in [4.78, 5) is 2.91. The first-order chi connectivity index (χ1) is 9.61. The Labute approximate surface area is 133 Å². The Balaban J connectivity index is 1.47. The Morgan fingerprint density at radius 1 is 1.20 bits per heavy atom. The molecule has 3 rings (SSSR count). The van der Waals surface area contributed by atoms with Gasteiger partial charge in [0.2, 0.25) is 0 Å². The number of halogens is 1. The van der Waals surface area contributed by atoms with Gasteiger partial charge in [0.05, 0.1) is 0 Å². The van der Waals surface area contributed by atoms with E-state index in [0.717, 1.165) is 12.5 Å². The smallest absolute Gasteiger partial charge is 0.0302 e. The second-order valence-electron chi connectivity index (χ2n) is 5.75. The molecular formula is C17H20BrNS. The number of rotatable bonds is 4. The SMILES string of the molecule is Cc1cc(CNC2CC(c3ccc(Br)cc3)C2)sc1C. The quantitative estimate of drug-likeness (QED) is 0.803. The first kappa shape index (κ1) is 14.3. The molecule has 1 fully saturated rings. The van der Waals surface area contributed by atoms with Gasteiger partial charge in [0.25, 0.3) is 0 Å². The summed E-state index contributed by atoms with van der Waals surface area (Å²) in [6.07, 6.45) is 2.54. The highest BCUT2D eigenvalue weighted by molar-refractivity contribution is 9.10. The van der Waals surface area contributed by atoms with Crippen molar-refractivity contribution in [1.82, 2.24) is 5.32 Å². The Bertz CT molecular complexity index is 562. The summed E-state index contributed by atoms with van der Waals surface area (Å²) in [5.74, 6) is 0.743. The molecule has 1 aliphatic carbocycles. The van der Waals surface area contributed by atoms with Crippen LogP contribution in [0.5, 0.6) is 0 Å². The first-order valence-corrected chi connectivity index (χ1v) is 8.77. The lowest BCUT2D eigenvalue weighted by molar-refractivity contribution is 0.290. The Kier molecular flexibility index (Phi) is 4.29. The molecule has 1 nitrogen and oxygen atoms in total. The molecule has 0 saturated heterocycles. The van der Waals surface area contributed by atoms with Crippen molar-refractivity contribution in [3.8, 4) is 0 Å². The molecule has 0 aliphatic heterocycles. The largest absolute Gasteiger partial charge is 0.309 e. The number of hydrogen-bond acceptors (Lipinski definition) is 2. The molecule has 20 heavy (non-hydrogen) atoms. The molecule has 1 aliphatic rings. The molecule has 106 valence electrons. The summed E-state index contributed by atoms with van der Waals surface area (Å²) < 4.78 is 1.17. The van der Waals surface area contributed by atoms with Crippen LogP contribution in [0.3, 0.4) is 0 Å². The molecule has 1 N–H and O–H groups in total. The molecule has 3 heteroatoms. The van der Waals surface area contributed by atoms with Crippen LogP contribution in [-0.2, 0) is 6.54 Å². The van der Waals surface area contributed by atoms with Gasteiger partial charge in [-0.25, -0.2) is 0 Å². The average Bonchev–Trinajstić information content (AvgIpc) is 2.69. The van der Waals surface area contributed by atoms with Gasteiger partial charge in [-0.2, -0.15) is 0 Å². The van der Waals surface area contributed by atoms with Gasteiger partial charge < -0.3 is 5.32 Å². The van der Waals surface area contributed by atoms with E-state index >= 15 is 0 Å². The van der Waals surface area contributed by atoms with Crippen molar-refractivity contribution in [3.05, 3.63) is 55.7 Å². The van der Waals surface area contributed by atoms with Crippen LogP contribution in [0, 0.1) is 13.8 Å². The van der Waals surface area contributed by atoms with Crippen molar-refractivity contribution in [2.45, 2.75) is 45.2 Å². The second kappa shape index (κ2) is 6.00. The Hall–Kier alpha value is -0.640. The third-order valence-electron chi connectivity index (χ3n) is 4.26. The predicted octanol–water partition coefficient (Wildman–Crippen LogP) is 5.16. The molecule has 0 bridgehead atoms. The molecular weight excluding hydrogens is 330 g/mol. The van der Waals surface area contributed by atoms with Gasteiger partial charge >= 0.3 is 0 Å². The standard InChI is InChI=1S/C17H20BrNS/c1-11-7-17(20-12(11)2)10-19-16-8-14(9-16)13-3-5-15(18)6-4-13/h3-7,14,16,19H,8-10H2,1-2H3. The maximum absolute atomic E-state index is 3.69. The van der Waals surface area contributed by atoms with Gasteiger partial charge in [-0.05, 0) is 61.9 Å².